The highest BCUT2D eigenvalue weighted by molar-refractivity contribution is 6.02. The molecule has 0 spiro atoms. The van der Waals surface area contributed by atoms with Crippen molar-refractivity contribution >= 4 is 23.1 Å². The maximum absolute atomic E-state index is 12.4. The SMILES string of the molecule is CCC(C)Nc1cnc(C(=O)Nc2ccc(N3CCN(C)CC3)cc2)cn1. The topological polar surface area (TPSA) is 73.4 Å². The molecule has 1 unspecified atom stereocenters. The van der Waals surface area contributed by atoms with Gasteiger partial charge in [0.05, 0.1) is 12.4 Å². The van der Waals surface area contributed by atoms with Crippen molar-refractivity contribution < 1.29 is 4.79 Å². The number of hydrogen-bond donors (Lipinski definition) is 2. The number of anilines is 3. The Morgan fingerprint density at radius 2 is 1.81 bits per heavy atom. The van der Waals surface area contributed by atoms with E-state index in [1.807, 2.05) is 24.3 Å². The van der Waals surface area contributed by atoms with Crippen LogP contribution in [-0.4, -0.2) is 60.0 Å². The minimum atomic E-state index is -0.259. The molecule has 7 heteroatoms. The summed E-state index contributed by atoms with van der Waals surface area (Å²) in [4.78, 5) is 25.5. The minimum Gasteiger partial charge on any atom is -0.369 e. The van der Waals surface area contributed by atoms with E-state index in [9.17, 15) is 4.79 Å². The van der Waals surface area contributed by atoms with E-state index in [2.05, 4.69) is 51.3 Å². The number of nitrogens with one attached hydrogen (secondary N) is 2. The monoisotopic (exact) mass is 368 g/mol. The molecule has 1 saturated heterocycles. The molecular formula is C20H28N6O. The second-order valence-corrected chi connectivity index (χ2v) is 7.03. The number of benzene rings is 1. The molecule has 3 rings (SSSR count). The Morgan fingerprint density at radius 1 is 1.11 bits per heavy atom. The summed E-state index contributed by atoms with van der Waals surface area (Å²) in [6.45, 7) is 8.36. The smallest absolute Gasteiger partial charge is 0.275 e. The van der Waals surface area contributed by atoms with Gasteiger partial charge in [-0.3, -0.25) is 4.79 Å². The van der Waals surface area contributed by atoms with Crippen molar-refractivity contribution in [2.24, 2.45) is 0 Å². The van der Waals surface area contributed by atoms with Crippen LogP contribution in [-0.2, 0) is 0 Å². The predicted octanol–water partition coefficient (Wildman–Crippen LogP) is 2.69. The number of amides is 1. The second kappa shape index (κ2) is 8.81. The standard InChI is InChI=1S/C20H28N6O/c1-4-15(2)23-19-14-21-18(13-22-19)20(27)24-16-5-7-17(8-6-16)26-11-9-25(3)10-12-26/h5-8,13-15H,4,9-12H2,1-3H3,(H,22,23)(H,24,27). The van der Waals surface area contributed by atoms with Gasteiger partial charge in [0.1, 0.15) is 11.5 Å². The number of likely N-dealkylation sites (N-methyl/N-ethyl adjacent to an activating group) is 1. The highest BCUT2D eigenvalue weighted by Crippen LogP contribution is 2.19. The van der Waals surface area contributed by atoms with Crippen LogP contribution in [0.2, 0.25) is 0 Å². The van der Waals surface area contributed by atoms with Crippen LogP contribution < -0.4 is 15.5 Å². The van der Waals surface area contributed by atoms with Crippen molar-refractivity contribution in [1.82, 2.24) is 14.9 Å². The third-order valence-corrected chi connectivity index (χ3v) is 4.88. The summed E-state index contributed by atoms with van der Waals surface area (Å²) in [6, 6.07) is 8.27. The van der Waals surface area contributed by atoms with Crippen molar-refractivity contribution in [2.75, 3.05) is 48.8 Å². The summed E-state index contributed by atoms with van der Waals surface area (Å²) < 4.78 is 0. The quantitative estimate of drug-likeness (QED) is 0.817. The van der Waals surface area contributed by atoms with E-state index in [0.717, 1.165) is 38.3 Å². The molecule has 2 aromatic rings. The maximum Gasteiger partial charge on any atom is 0.275 e. The van der Waals surface area contributed by atoms with E-state index in [4.69, 9.17) is 0 Å². The summed E-state index contributed by atoms with van der Waals surface area (Å²) in [5, 5.41) is 6.11. The van der Waals surface area contributed by atoms with E-state index in [1.54, 1.807) is 6.20 Å². The fourth-order valence-electron chi connectivity index (χ4n) is 2.89. The summed E-state index contributed by atoms with van der Waals surface area (Å²) in [6.07, 6.45) is 4.09. The van der Waals surface area contributed by atoms with Gasteiger partial charge in [-0.05, 0) is 44.7 Å². The van der Waals surface area contributed by atoms with Crippen LogP contribution in [0.1, 0.15) is 30.8 Å². The Morgan fingerprint density at radius 3 is 2.41 bits per heavy atom. The zero-order valence-corrected chi connectivity index (χ0v) is 16.3. The molecule has 144 valence electrons. The molecule has 1 fully saturated rings. The molecule has 1 aliphatic heterocycles. The second-order valence-electron chi connectivity index (χ2n) is 7.03. The molecule has 0 aliphatic carbocycles. The van der Waals surface area contributed by atoms with Gasteiger partial charge < -0.3 is 20.4 Å². The van der Waals surface area contributed by atoms with Crippen LogP contribution in [0.5, 0.6) is 0 Å². The molecule has 1 amide bonds. The van der Waals surface area contributed by atoms with E-state index in [-0.39, 0.29) is 5.91 Å². The molecule has 7 nitrogen and oxygen atoms in total. The zero-order valence-electron chi connectivity index (χ0n) is 16.3. The van der Waals surface area contributed by atoms with Crippen molar-refractivity contribution in [2.45, 2.75) is 26.3 Å². The third kappa shape index (κ3) is 5.17. The van der Waals surface area contributed by atoms with Crippen LogP contribution in [0, 0.1) is 0 Å². The normalized spacial score (nSPS) is 16.0. The Hall–Kier alpha value is -2.67. The van der Waals surface area contributed by atoms with Gasteiger partial charge in [-0.2, -0.15) is 0 Å². The first-order chi connectivity index (χ1) is 13.0. The lowest BCUT2D eigenvalue weighted by Crippen LogP contribution is -2.44. The first kappa shape index (κ1) is 19.1. The summed E-state index contributed by atoms with van der Waals surface area (Å²) in [5.41, 5.74) is 2.23. The largest absolute Gasteiger partial charge is 0.369 e. The average molecular weight is 368 g/mol. The summed E-state index contributed by atoms with van der Waals surface area (Å²) in [7, 11) is 2.14. The zero-order chi connectivity index (χ0) is 19.2. The van der Waals surface area contributed by atoms with Crippen molar-refractivity contribution in [3.05, 3.63) is 42.4 Å². The van der Waals surface area contributed by atoms with Crippen molar-refractivity contribution in [3.8, 4) is 0 Å². The Bertz CT molecular complexity index is 738. The highest BCUT2D eigenvalue weighted by atomic mass is 16.1. The molecule has 2 heterocycles. The lowest BCUT2D eigenvalue weighted by molar-refractivity contribution is 0.102. The van der Waals surface area contributed by atoms with E-state index in [0.29, 0.717) is 17.6 Å². The molecule has 1 atom stereocenters. The third-order valence-electron chi connectivity index (χ3n) is 4.88. The van der Waals surface area contributed by atoms with E-state index in [1.165, 1.54) is 11.9 Å². The molecule has 2 N–H and O–H groups in total. The number of rotatable bonds is 6. The molecule has 0 saturated carbocycles. The highest BCUT2D eigenvalue weighted by Gasteiger charge is 2.14. The predicted molar refractivity (Wildman–Crippen MR) is 110 cm³/mol. The molecule has 0 radical (unpaired) electrons. The van der Waals surface area contributed by atoms with Gasteiger partial charge in [0.25, 0.3) is 5.91 Å². The van der Waals surface area contributed by atoms with Gasteiger partial charge in [-0.15, -0.1) is 0 Å². The maximum atomic E-state index is 12.4. The Kier molecular flexibility index (Phi) is 6.24. The molecule has 1 aromatic carbocycles. The number of carbonyl (C=O) groups is 1. The van der Waals surface area contributed by atoms with Gasteiger partial charge >= 0.3 is 0 Å². The van der Waals surface area contributed by atoms with Gasteiger partial charge in [0.15, 0.2) is 0 Å². The van der Waals surface area contributed by atoms with Crippen molar-refractivity contribution in [3.63, 3.8) is 0 Å². The van der Waals surface area contributed by atoms with Crippen LogP contribution in [0.25, 0.3) is 0 Å². The number of nitrogens with zero attached hydrogens (tertiary/aromatic N) is 4. The Labute approximate surface area is 160 Å². The van der Waals surface area contributed by atoms with Crippen LogP contribution >= 0.6 is 0 Å². The summed E-state index contributed by atoms with van der Waals surface area (Å²) in [5.74, 6) is 0.419. The number of hydrogen-bond acceptors (Lipinski definition) is 6. The molecule has 1 aliphatic rings. The number of aromatic nitrogens is 2. The van der Waals surface area contributed by atoms with Crippen LogP contribution in [0.3, 0.4) is 0 Å². The summed E-state index contributed by atoms with van der Waals surface area (Å²) >= 11 is 0. The van der Waals surface area contributed by atoms with Gasteiger partial charge in [0, 0.05) is 43.6 Å². The first-order valence-corrected chi connectivity index (χ1v) is 9.48. The first-order valence-electron chi connectivity index (χ1n) is 9.48. The molecular weight excluding hydrogens is 340 g/mol. The lowest BCUT2D eigenvalue weighted by atomic mass is 10.2. The van der Waals surface area contributed by atoms with Gasteiger partial charge in [-0.1, -0.05) is 6.92 Å². The lowest BCUT2D eigenvalue weighted by Gasteiger charge is -2.34. The van der Waals surface area contributed by atoms with E-state index >= 15 is 0 Å². The van der Waals surface area contributed by atoms with Crippen molar-refractivity contribution in [1.29, 1.82) is 0 Å². The molecule has 0 bridgehead atoms. The fourth-order valence-corrected chi connectivity index (χ4v) is 2.89. The molecule has 27 heavy (non-hydrogen) atoms. The van der Waals surface area contributed by atoms with Gasteiger partial charge in [-0.25, -0.2) is 9.97 Å². The number of piperazine rings is 1. The Balaban J connectivity index is 1.57. The minimum absolute atomic E-state index is 0.259. The fraction of sp³-hybridized carbons (Fsp3) is 0.450. The van der Waals surface area contributed by atoms with Crippen LogP contribution in [0.15, 0.2) is 36.7 Å². The average Bonchev–Trinajstić information content (AvgIpc) is 2.69. The van der Waals surface area contributed by atoms with Crippen LogP contribution in [0.4, 0.5) is 17.2 Å². The van der Waals surface area contributed by atoms with E-state index < -0.39 is 0 Å². The molecule has 1 aromatic heterocycles. The number of carbonyl (C=O) groups excluding carboxylic acids is 1. The van der Waals surface area contributed by atoms with Gasteiger partial charge in [0.2, 0.25) is 0 Å².